The second kappa shape index (κ2) is 7.13. The predicted molar refractivity (Wildman–Crippen MR) is 98.1 cm³/mol. The van der Waals surface area contributed by atoms with E-state index in [1.54, 1.807) is 23.9 Å². The van der Waals surface area contributed by atoms with Crippen molar-refractivity contribution in [2.45, 2.75) is 5.37 Å². The highest BCUT2D eigenvalue weighted by Crippen LogP contribution is 2.38. The Morgan fingerprint density at radius 3 is 2.46 bits per heavy atom. The van der Waals surface area contributed by atoms with E-state index < -0.39 is 0 Å². The topological polar surface area (TPSA) is 35.6 Å². The van der Waals surface area contributed by atoms with E-state index in [1.165, 1.54) is 12.1 Å². The molecule has 2 amide bonds. The van der Waals surface area contributed by atoms with Crippen LogP contribution in [0.15, 0.2) is 48.5 Å². The maximum Gasteiger partial charge on any atom is 0.323 e. The van der Waals surface area contributed by atoms with E-state index in [0.717, 1.165) is 17.0 Å². The second-order valence-corrected chi connectivity index (χ2v) is 7.03. The number of anilines is 2. The van der Waals surface area contributed by atoms with Gasteiger partial charge in [-0.2, -0.15) is 0 Å². The summed E-state index contributed by atoms with van der Waals surface area (Å²) in [5, 5.41) is 2.84. The second-order valence-electron chi connectivity index (χ2n) is 5.84. The number of urea groups is 1. The fourth-order valence-electron chi connectivity index (χ4n) is 2.62. The van der Waals surface area contributed by atoms with Crippen molar-refractivity contribution >= 4 is 29.2 Å². The molecule has 0 spiro atoms. The molecule has 2 aromatic carbocycles. The van der Waals surface area contributed by atoms with Crippen LogP contribution in [0.5, 0.6) is 0 Å². The Bertz CT molecular complexity index is 703. The normalized spacial score (nSPS) is 17.0. The molecule has 24 heavy (non-hydrogen) atoms. The number of carbonyl (C=O) groups excluding carboxylic acids is 1. The zero-order valence-electron chi connectivity index (χ0n) is 13.7. The van der Waals surface area contributed by atoms with Crippen LogP contribution in [-0.4, -0.2) is 37.3 Å². The third kappa shape index (κ3) is 3.64. The molecule has 1 aliphatic rings. The van der Waals surface area contributed by atoms with Gasteiger partial charge in [0.1, 0.15) is 11.2 Å². The number of amides is 2. The van der Waals surface area contributed by atoms with Crippen LogP contribution in [0.1, 0.15) is 10.9 Å². The summed E-state index contributed by atoms with van der Waals surface area (Å²) in [4.78, 5) is 16.4. The van der Waals surface area contributed by atoms with Gasteiger partial charge in [0.15, 0.2) is 0 Å². The molecule has 0 unspecified atom stereocenters. The summed E-state index contributed by atoms with van der Waals surface area (Å²) in [5.74, 6) is 0.584. The summed E-state index contributed by atoms with van der Waals surface area (Å²) in [6, 6.07) is 13.9. The lowest BCUT2D eigenvalue weighted by atomic mass is 10.2. The van der Waals surface area contributed by atoms with E-state index in [9.17, 15) is 9.18 Å². The van der Waals surface area contributed by atoms with Crippen LogP contribution in [0.3, 0.4) is 0 Å². The Labute approximate surface area is 145 Å². The summed E-state index contributed by atoms with van der Waals surface area (Å²) in [7, 11) is 4.00. The Morgan fingerprint density at radius 1 is 1.17 bits per heavy atom. The van der Waals surface area contributed by atoms with E-state index in [1.807, 2.05) is 23.9 Å². The predicted octanol–water partition coefficient (Wildman–Crippen LogP) is 4.17. The molecule has 0 bridgehead atoms. The highest BCUT2D eigenvalue weighted by Gasteiger charge is 2.30. The zero-order chi connectivity index (χ0) is 17.1. The van der Waals surface area contributed by atoms with Gasteiger partial charge in [-0.1, -0.05) is 12.1 Å². The van der Waals surface area contributed by atoms with Gasteiger partial charge in [-0.15, -0.1) is 11.8 Å². The summed E-state index contributed by atoms with van der Waals surface area (Å²) < 4.78 is 13.0. The van der Waals surface area contributed by atoms with Gasteiger partial charge in [0, 0.05) is 37.8 Å². The van der Waals surface area contributed by atoms with Gasteiger partial charge in [0.25, 0.3) is 0 Å². The minimum Gasteiger partial charge on any atom is -0.378 e. The average Bonchev–Trinajstić information content (AvgIpc) is 3.07. The van der Waals surface area contributed by atoms with E-state index in [2.05, 4.69) is 29.6 Å². The zero-order valence-corrected chi connectivity index (χ0v) is 14.5. The number of nitrogens with zero attached hydrogens (tertiary/aromatic N) is 2. The quantitative estimate of drug-likeness (QED) is 0.907. The standard InChI is InChI=1S/C18H20FN3OS/c1-21(2)16-9-3-13(4-10-16)17-22(11-12-24-17)18(23)20-15-7-5-14(19)6-8-15/h3-10,17H,11-12H2,1-2H3,(H,20,23)/t17-/m1/s1. The molecule has 1 saturated heterocycles. The van der Waals surface area contributed by atoms with Crippen molar-refractivity contribution in [2.24, 2.45) is 0 Å². The van der Waals surface area contributed by atoms with Gasteiger partial charge in [0.05, 0.1) is 0 Å². The van der Waals surface area contributed by atoms with Gasteiger partial charge in [-0.05, 0) is 42.0 Å². The summed E-state index contributed by atoms with van der Waals surface area (Å²) >= 11 is 1.75. The minimum atomic E-state index is -0.316. The first-order chi connectivity index (χ1) is 11.5. The van der Waals surface area contributed by atoms with Crippen molar-refractivity contribution in [1.29, 1.82) is 0 Å². The van der Waals surface area contributed by atoms with Gasteiger partial charge in [0.2, 0.25) is 0 Å². The Hall–Kier alpha value is -2.21. The SMILES string of the molecule is CN(C)c1ccc([C@H]2SCCN2C(=O)Nc2ccc(F)cc2)cc1. The number of carbonyl (C=O) groups is 1. The molecule has 126 valence electrons. The molecule has 1 aliphatic heterocycles. The largest absolute Gasteiger partial charge is 0.378 e. The summed E-state index contributed by atoms with van der Waals surface area (Å²) in [5.41, 5.74) is 2.83. The first kappa shape index (κ1) is 16.6. The maximum atomic E-state index is 13.0. The molecule has 2 aromatic rings. The smallest absolute Gasteiger partial charge is 0.323 e. The summed E-state index contributed by atoms with van der Waals surface area (Å²) in [6.45, 7) is 0.692. The molecule has 0 radical (unpaired) electrons. The van der Waals surface area contributed by atoms with E-state index in [-0.39, 0.29) is 17.2 Å². The van der Waals surface area contributed by atoms with Gasteiger partial charge >= 0.3 is 6.03 Å². The fraction of sp³-hybridized carbons (Fsp3) is 0.278. The molecular formula is C18H20FN3OS. The van der Waals surface area contributed by atoms with Crippen molar-refractivity contribution in [2.75, 3.05) is 36.6 Å². The Balaban J connectivity index is 1.72. The third-order valence-electron chi connectivity index (χ3n) is 3.94. The molecular weight excluding hydrogens is 325 g/mol. The number of halogens is 1. The van der Waals surface area contributed by atoms with Crippen LogP contribution in [0, 0.1) is 5.82 Å². The molecule has 0 saturated carbocycles. The highest BCUT2D eigenvalue weighted by molar-refractivity contribution is 7.99. The molecule has 0 aliphatic carbocycles. The number of thioether (sulfide) groups is 1. The minimum absolute atomic E-state index is 0.00154. The maximum absolute atomic E-state index is 13.0. The van der Waals surface area contributed by atoms with Crippen molar-refractivity contribution < 1.29 is 9.18 Å². The molecule has 1 N–H and O–H groups in total. The van der Waals surface area contributed by atoms with Crippen molar-refractivity contribution in [3.05, 3.63) is 59.9 Å². The van der Waals surface area contributed by atoms with Crippen molar-refractivity contribution in [3.8, 4) is 0 Å². The molecule has 0 aromatic heterocycles. The number of hydrogen-bond acceptors (Lipinski definition) is 3. The summed E-state index contributed by atoms with van der Waals surface area (Å²) in [6.07, 6.45) is 0. The number of rotatable bonds is 3. The molecule has 6 heteroatoms. The van der Waals surface area contributed by atoms with Crippen LogP contribution in [-0.2, 0) is 0 Å². The first-order valence-electron chi connectivity index (χ1n) is 7.76. The van der Waals surface area contributed by atoms with E-state index in [0.29, 0.717) is 12.2 Å². The number of nitrogens with one attached hydrogen (secondary N) is 1. The van der Waals surface area contributed by atoms with Gasteiger partial charge in [-0.25, -0.2) is 9.18 Å². The monoisotopic (exact) mass is 345 g/mol. The van der Waals surface area contributed by atoms with Crippen molar-refractivity contribution in [1.82, 2.24) is 4.90 Å². The molecule has 1 heterocycles. The lowest BCUT2D eigenvalue weighted by molar-refractivity contribution is 0.214. The molecule has 4 nitrogen and oxygen atoms in total. The van der Waals surface area contributed by atoms with E-state index >= 15 is 0 Å². The van der Waals surface area contributed by atoms with E-state index in [4.69, 9.17) is 0 Å². The Morgan fingerprint density at radius 2 is 1.83 bits per heavy atom. The van der Waals surface area contributed by atoms with Crippen LogP contribution < -0.4 is 10.2 Å². The number of hydrogen-bond donors (Lipinski definition) is 1. The molecule has 1 atom stereocenters. The highest BCUT2D eigenvalue weighted by atomic mass is 32.2. The van der Waals surface area contributed by atoms with Crippen LogP contribution >= 0.6 is 11.8 Å². The van der Waals surface area contributed by atoms with Crippen LogP contribution in [0.4, 0.5) is 20.6 Å². The molecule has 3 rings (SSSR count). The lowest BCUT2D eigenvalue weighted by Gasteiger charge is -2.25. The third-order valence-corrected chi connectivity index (χ3v) is 5.20. The fourth-order valence-corrected chi connectivity index (χ4v) is 3.88. The number of benzene rings is 2. The van der Waals surface area contributed by atoms with Crippen LogP contribution in [0.25, 0.3) is 0 Å². The first-order valence-corrected chi connectivity index (χ1v) is 8.81. The lowest BCUT2D eigenvalue weighted by Crippen LogP contribution is -2.34. The molecule has 1 fully saturated rings. The Kier molecular flexibility index (Phi) is 4.94. The van der Waals surface area contributed by atoms with Crippen molar-refractivity contribution in [3.63, 3.8) is 0 Å². The average molecular weight is 345 g/mol. The van der Waals surface area contributed by atoms with Gasteiger partial charge in [-0.3, -0.25) is 0 Å². The van der Waals surface area contributed by atoms with Gasteiger partial charge < -0.3 is 15.1 Å². The van der Waals surface area contributed by atoms with Crippen LogP contribution in [0.2, 0.25) is 0 Å².